The molecule has 0 bridgehead atoms. The zero-order valence-electron chi connectivity index (χ0n) is 25.0. The molecular formula is C33H27BrN4O7S. The van der Waals surface area contributed by atoms with E-state index in [1.165, 1.54) is 16.7 Å². The number of hydrogen-bond acceptors (Lipinski definition) is 10. The van der Waals surface area contributed by atoms with E-state index >= 15 is 0 Å². The second kappa shape index (κ2) is 13.9. The number of carbonyl (C=O) groups is 1. The van der Waals surface area contributed by atoms with Gasteiger partial charge in [0.25, 0.3) is 5.56 Å². The summed E-state index contributed by atoms with van der Waals surface area (Å²) in [6.45, 7) is 5.84. The minimum absolute atomic E-state index is 0.0124. The molecule has 234 valence electrons. The topological polar surface area (TPSA) is 146 Å². The lowest BCUT2D eigenvalue weighted by Crippen LogP contribution is -2.39. The lowest BCUT2D eigenvalue weighted by molar-refractivity contribution is -0.386. The SMILES string of the molecule is CCOC(=O)C1=C(C)N=c2s/c(=C\c3cc(Br)c(OCc4ccccc4C#N)c([N+](=O)[O-])c3)c(=O)n2[C@@H]1c1ccc(OCC)cc1. The molecule has 46 heavy (non-hydrogen) atoms. The zero-order valence-corrected chi connectivity index (χ0v) is 27.4. The number of ether oxygens (including phenoxy) is 3. The van der Waals surface area contributed by atoms with Crippen LogP contribution in [-0.2, 0) is 16.1 Å². The van der Waals surface area contributed by atoms with E-state index in [-0.39, 0.29) is 34.8 Å². The standard InChI is InChI=1S/C33H27BrN4O7S/c1-4-43-24-12-10-21(11-13-24)29-28(32(40)44-5-2)19(3)36-33-37(29)31(39)27(46-33)16-20-14-25(34)30(26(15-20)38(41)42)45-18-23-9-7-6-8-22(23)17-35/h6-16,29H,4-5,18H2,1-3H3/b27-16-/t29-/m1/s1. The van der Waals surface area contributed by atoms with Crippen LogP contribution in [-0.4, -0.2) is 28.7 Å². The van der Waals surface area contributed by atoms with Crippen LogP contribution in [0.5, 0.6) is 11.5 Å². The van der Waals surface area contributed by atoms with Crippen molar-refractivity contribution in [3.63, 3.8) is 0 Å². The maximum atomic E-state index is 14.0. The zero-order chi connectivity index (χ0) is 33.0. The predicted molar refractivity (Wildman–Crippen MR) is 174 cm³/mol. The molecule has 0 saturated heterocycles. The van der Waals surface area contributed by atoms with Crippen molar-refractivity contribution in [2.45, 2.75) is 33.4 Å². The molecule has 2 heterocycles. The highest BCUT2D eigenvalue weighted by Crippen LogP contribution is 2.37. The number of nitro benzene ring substituents is 1. The van der Waals surface area contributed by atoms with Crippen LogP contribution in [0, 0.1) is 21.4 Å². The third-order valence-electron chi connectivity index (χ3n) is 7.07. The van der Waals surface area contributed by atoms with Crippen molar-refractivity contribution in [2.24, 2.45) is 4.99 Å². The number of thiazole rings is 1. The lowest BCUT2D eigenvalue weighted by atomic mass is 9.96. The third-order valence-corrected chi connectivity index (χ3v) is 8.65. The van der Waals surface area contributed by atoms with Crippen molar-refractivity contribution in [3.05, 3.63) is 128 Å². The van der Waals surface area contributed by atoms with E-state index in [1.807, 2.05) is 6.92 Å². The van der Waals surface area contributed by atoms with Crippen LogP contribution in [0.15, 0.2) is 86.2 Å². The molecule has 1 aromatic heterocycles. The number of nitrogens with zero attached hydrogens (tertiary/aromatic N) is 4. The van der Waals surface area contributed by atoms with Gasteiger partial charge in [-0.1, -0.05) is 41.7 Å². The molecule has 1 atom stereocenters. The van der Waals surface area contributed by atoms with Crippen LogP contribution in [0.4, 0.5) is 5.69 Å². The Kier molecular flexibility index (Phi) is 9.79. The smallest absolute Gasteiger partial charge is 0.338 e. The average Bonchev–Trinajstić information content (AvgIpc) is 3.34. The first-order chi connectivity index (χ1) is 22.2. The molecule has 5 rings (SSSR count). The molecule has 0 aliphatic carbocycles. The molecule has 0 amide bonds. The van der Waals surface area contributed by atoms with E-state index in [1.54, 1.807) is 68.4 Å². The molecular weight excluding hydrogens is 676 g/mol. The fourth-order valence-electron chi connectivity index (χ4n) is 5.04. The van der Waals surface area contributed by atoms with Gasteiger partial charge in [0.1, 0.15) is 12.4 Å². The summed E-state index contributed by atoms with van der Waals surface area (Å²) in [4.78, 5) is 43.6. The monoisotopic (exact) mass is 702 g/mol. The van der Waals surface area contributed by atoms with Gasteiger partial charge in [-0.2, -0.15) is 5.26 Å². The number of fused-ring (bicyclic) bond motifs is 1. The number of nitro groups is 1. The minimum atomic E-state index is -0.818. The van der Waals surface area contributed by atoms with Crippen LogP contribution in [0.2, 0.25) is 0 Å². The number of halogens is 1. The Morgan fingerprint density at radius 3 is 2.57 bits per heavy atom. The number of carbonyl (C=O) groups excluding carboxylic acids is 1. The Hall–Kier alpha value is -5.06. The van der Waals surface area contributed by atoms with Crippen LogP contribution < -0.4 is 24.4 Å². The van der Waals surface area contributed by atoms with E-state index in [2.05, 4.69) is 27.0 Å². The largest absolute Gasteiger partial charge is 0.494 e. The molecule has 0 fully saturated rings. The van der Waals surface area contributed by atoms with Gasteiger partial charge in [0, 0.05) is 11.6 Å². The molecule has 0 spiro atoms. The van der Waals surface area contributed by atoms with Crippen molar-refractivity contribution in [2.75, 3.05) is 13.2 Å². The molecule has 0 unspecified atom stereocenters. The number of hydrogen-bond donors (Lipinski definition) is 0. The Morgan fingerprint density at radius 2 is 1.89 bits per heavy atom. The lowest BCUT2D eigenvalue weighted by Gasteiger charge is -2.24. The highest BCUT2D eigenvalue weighted by atomic mass is 79.9. The highest BCUT2D eigenvalue weighted by Gasteiger charge is 2.33. The second-order valence-electron chi connectivity index (χ2n) is 9.97. The second-order valence-corrected chi connectivity index (χ2v) is 11.8. The fourth-order valence-corrected chi connectivity index (χ4v) is 6.67. The average molecular weight is 704 g/mol. The number of allylic oxidation sites excluding steroid dienone is 1. The van der Waals surface area contributed by atoms with Crippen molar-refractivity contribution in [3.8, 4) is 17.6 Å². The first-order valence-corrected chi connectivity index (χ1v) is 15.8. The van der Waals surface area contributed by atoms with Gasteiger partial charge in [0.05, 0.1) is 56.1 Å². The molecule has 4 aromatic rings. The third kappa shape index (κ3) is 6.49. The molecule has 11 nitrogen and oxygen atoms in total. The van der Waals surface area contributed by atoms with Crippen molar-refractivity contribution in [1.29, 1.82) is 5.26 Å². The molecule has 1 aliphatic rings. The summed E-state index contributed by atoms with van der Waals surface area (Å²) in [6.07, 6.45) is 1.54. The first kappa shape index (κ1) is 32.3. The summed E-state index contributed by atoms with van der Waals surface area (Å²) in [6, 6.07) is 18.1. The normalized spacial score (nSPS) is 14.2. The van der Waals surface area contributed by atoms with Gasteiger partial charge in [0.2, 0.25) is 5.75 Å². The van der Waals surface area contributed by atoms with E-state index in [4.69, 9.17) is 14.2 Å². The summed E-state index contributed by atoms with van der Waals surface area (Å²) in [5, 5.41) is 21.5. The van der Waals surface area contributed by atoms with Gasteiger partial charge in [-0.3, -0.25) is 19.5 Å². The van der Waals surface area contributed by atoms with Gasteiger partial charge >= 0.3 is 11.7 Å². The highest BCUT2D eigenvalue weighted by molar-refractivity contribution is 9.10. The number of rotatable bonds is 10. The molecule has 0 radical (unpaired) electrons. The van der Waals surface area contributed by atoms with Gasteiger partial charge in [-0.25, -0.2) is 9.79 Å². The van der Waals surface area contributed by atoms with Crippen molar-refractivity contribution >= 4 is 45.0 Å². The first-order valence-electron chi connectivity index (χ1n) is 14.2. The summed E-state index contributed by atoms with van der Waals surface area (Å²) >= 11 is 4.49. The maximum Gasteiger partial charge on any atom is 0.338 e. The quantitative estimate of drug-likeness (QED) is 0.123. The van der Waals surface area contributed by atoms with E-state index in [0.717, 1.165) is 11.3 Å². The molecule has 1 aliphatic heterocycles. The van der Waals surface area contributed by atoms with Crippen molar-refractivity contribution in [1.82, 2.24) is 4.57 Å². The molecule has 3 aromatic carbocycles. The number of nitriles is 1. The van der Waals surface area contributed by atoms with Crippen LogP contribution in [0.3, 0.4) is 0 Å². The fraction of sp³-hybridized carbons (Fsp3) is 0.212. The molecule has 0 saturated carbocycles. The van der Waals surface area contributed by atoms with Crippen LogP contribution >= 0.6 is 27.3 Å². The number of benzene rings is 3. The van der Waals surface area contributed by atoms with Gasteiger partial charge in [0.15, 0.2) is 4.80 Å². The Bertz CT molecular complexity index is 2100. The Labute approximate surface area is 275 Å². The van der Waals surface area contributed by atoms with Crippen LogP contribution in [0.25, 0.3) is 6.08 Å². The Morgan fingerprint density at radius 1 is 1.15 bits per heavy atom. The number of aromatic nitrogens is 1. The van der Waals surface area contributed by atoms with E-state index in [9.17, 15) is 25.0 Å². The van der Waals surface area contributed by atoms with E-state index < -0.39 is 22.5 Å². The number of esters is 1. The van der Waals surface area contributed by atoms with Gasteiger partial charge in [-0.05, 0) is 78.2 Å². The minimum Gasteiger partial charge on any atom is -0.494 e. The molecule has 13 heteroatoms. The Balaban J connectivity index is 1.59. The van der Waals surface area contributed by atoms with Gasteiger partial charge in [-0.15, -0.1) is 0 Å². The van der Waals surface area contributed by atoms with Crippen molar-refractivity contribution < 1.29 is 23.9 Å². The summed E-state index contributed by atoms with van der Waals surface area (Å²) < 4.78 is 18.7. The van der Waals surface area contributed by atoms with E-state index in [0.29, 0.717) is 49.6 Å². The maximum absolute atomic E-state index is 14.0. The molecule has 0 N–H and O–H groups in total. The summed E-state index contributed by atoms with van der Waals surface area (Å²) in [5.41, 5.74) is 1.92. The van der Waals surface area contributed by atoms with Gasteiger partial charge < -0.3 is 14.2 Å². The summed E-state index contributed by atoms with van der Waals surface area (Å²) in [7, 11) is 0. The predicted octanol–water partition coefficient (Wildman–Crippen LogP) is 5.32. The van der Waals surface area contributed by atoms with Crippen LogP contribution in [0.1, 0.15) is 49.1 Å². The summed E-state index contributed by atoms with van der Waals surface area (Å²) in [5.74, 6) is 0.0527.